The van der Waals surface area contributed by atoms with E-state index in [2.05, 4.69) is 58.5 Å². The number of aromatic nitrogens is 4. The Morgan fingerprint density at radius 2 is 0.875 bits per heavy atom. The molecular weight excluding hydrogens is 392 g/mol. The molecule has 6 aromatic rings. The highest BCUT2D eigenvalue weighted by Crippen LogP contribution is 2.28. The molecule has 4 heterocycles. The van der Waals surface area contributed by atoms with Gasteiger partial charge < -0.3 is 0 Å². The van der Waals surface area contributed by atoms with E-state index < -0.39 is 0 Å². The summed E-state index contributed by atoms with van der Waals surface area (Å²) < 4.78 is 0. The quantitative estimate of drug-likeness (QED) is 0.331. The molecule has 4 heteroatoms. The van der Waals surface area contributed by atoms with Gasteiger partial charge in [-0.15, -0.1) is 0 Å². The molecule has 0 bridgehead atoms. The molecule has 4 aromatic heterocycles. The first kappa shape index (κ1) is 18.3. The molecule has 32 heavy (non-hydrogen) atoms. The minimum Gasteiger partial charge on any atom is -0.255 e. The Morgan fingerprint density at radius 1 is 0.406 bits per heavy atom. The van der Waals surface area contributed by atoms with Gasteiger partial charge in [0, 0.05) is 23.2 Å². The van der Waals surface area contributed by atoms with Gasteiger partial charge in [-0.2, -0.15) is 0 Å². The number of benzene rings is 2. The average Bonchev–Trinajstić information content (AvgIpc) is 2.88. The summed E-state index contributed by atoms with van der Waals surface area (Å²) in [5, 5.41) is 2.20. The van der Waals surface area contributed by atoms with E-state index in [1.807, 2.05) is 48.5 Å². The number of hydrogen-bond donors (Lipinski definition) is 0. The second-order valence-corrected chi connectivity index (χ2v) is 7.64. The summed E-state index contributed by atoms with van der Waals surface area (Å²) in [4.78, 5) is 18.6. The molecule has 0 unspecified atom stereocenters. The lowest BCUT2D eigenvalue weighted by Gasteiger charge is -2.08. The Bertz CT molecular complexity index is 1440. The van der Waals surface area contributed by atoms with Crippen molar-refractivity contribution in [3.8, 4) is 33.9 Å². The summed E-state index contributed by atoms with van der Waals surface area (Å²) in [5.74, 6) is 0. The first-order chi connectivity index (χ1) is 15.8. The zero-order valence-electron chi connectivity index (χ0n) is 17.2. The highest BCUT2D eigenvalue weighted by molar-refractivity contribution is 5.90. The van der Waals surface area contributed by atoms with E-state index >= 15 is 0 Å². The van der Waals surface area contributed by atoms with Crippen molar-refractivity contribution >= 4 is 21.8 Å². The molecule has 0 spiro atoms. The van der Waals surface area contributed by atoms with Gasteiger partial charge in [0.2, 0.25) is 0 Å². The summed E-state index contributed by atoms with van der Waals surface area (Å²) in [5.41, 5.74) is 7.59. The summed E-state index contributed by atoms with van der Waals surface area (Å²) in [6.07, 6.45) is 3.58. The summed E-state index contributed by atoms with van der Waals surface area (Å²) in [7, 11) is 0. The predicted octanol–water partition coefficient (Wildman–Crippen LogP) is 6.57. The normalized spacial score (nSPS) is 11.1. The van der Waals surface area contributed by atoms with Gasteiger partial charge in [0.1, 0.15) is 0 Å². The molecule has 0 saturated heterocycles. The van der Waals surface area contributed by atoms with Crippen LogP contribution < -0.4 is 0 Å². The van der Waals surface area contributed by atoms with E-state index in [0.29, 0.717) is 0 Å². The Kier molecular flexibility index (Phi) is 4.40. The largest absolute Gasteiger partial charge is 0.255 e. The maximum absolute atomic E-state index is 4.86. The van der Waals surface area contributed by atoms with Crippen LogP contribution in [0.1, 0.15) is 0 Å². The first-order valence-electron chi connectivity index (χ1n) is 10.5. The van der Waals surface area contributed by atoms with Crippen molar-refractivity contribution in [2.45, 2.75) is 0 Å². The van der Waals surface area contributed by atoms with Crippen LogP contribution >= 0.6 is 0 Å². The van der Waals surface area contributed by atoms with Gasteiger partial charge in [-0.25, -0.2) is 9.97 Å². The fourth-order valence-electron chi connectivity index (χ4n) is 3.91. The monoisotopic (exact) mass is 410 g/mol. The molecule has 0 amide bonds. The highest BCUT2D eigenvalue weighted by atomic mass is 14.8. The summed E-state index contributed by atoms with van der Waals surface area (Å²) in [6, 6.07) is 32.7. The van der Waals surface area contributed by atoms with Gasteiger partial charge in [0.15, 0.2) is 0 Å². The topological polar surface area (TPSA) is 51.6 Å². The van der Waals surface area contributed by atoms with Crippen LogP contribution in [0.5, 0.6) is 0 Å². The number of pyridine rings is 4. The van der Waals surface area contributed by atoms with Crippen LogP contribution in [0.4, 0.5) is 0 Å². The van der Waals surface area contributed by atoms with Crippen molar-refractivity contribution in [3.05, 3.63) is 109 Å². The Balaban J connectivity index is 1.43. The van der Waals surface area contributed by atoms with Crippen LogP contribution in [0.15, 0.2) is 109 Å². The molecule has 0 radical (unpaired) electrons. The van der Waals surface area contributed by atoms with Crippen LogP contribution in [-0.2, 0) is 0 Å². The fraction of sp³-hybridized carbons (Fsp3) is 0. The van der Waals surface area contributed by atoms with Crippen molar-refractivity contribution in [1.82, 2.24) is 19.9 Å². The van der Waals surface area contributed by atoms with Crippen LogP contribution in [0.2, 0.25) is 0 Å². The molecule has 0 N–H and O–H groups in total. The van der Waals surface area contributed by atoms with Gasteiger partial charge in [-0.1, -0.05) is 48.5 Å². The van der Waals surface area contributed by atoms with Gasteiger partial charge in [-0.05, 0) is 59.7 Å². The summed E-state index contributed by atoms with van der Waals surface area (Å²) in [6.45, 7) is 0. The highest BCUT2D eigenvalue weighted by Gasteiger charge is 2.07. The van der Waals surface area contributed by atoms with E-state index in [1.54, 1.807) is 12.4 Å². The second kappa shape index (κ2) is 7.67. The zero-order chi connectivity index (χ0) is 21.3. The van der Waals surface area contributed by atoms with Crippen molar-refractivity contribution in [1.29, 1.82) is 0 Å². The number of nitrogens with zero attached hydrogens (tertiary/aromatic N) is 4. The third-order valence-electron chi connectivity index (χ3n) is 5.57. The molecule has 4 nitrogen and oxygen atoms in total. The lowest BCUT2D eigenvalue weighted by atomic mass is 10.0. The molecule has 0 aliphatic rings. The lowest BCUT2D eigenvalue weighted by Crippen LogP contribution is -1.90. The van der Waals surface area contributed by atoms with Crippen LogP contribution in [0.25, 0.3) is 55.7 Å². The van der Waals surface area contributed by atoms with Gasteiger partial charge in [-0.3, -0.25) is 9.97 Å². The Hall–Kier alpha value is -4.44. The molecule has 0 aliphatic carbocycles. The Labute approximate surface area is 185 Å². The number of fused-ring (bicyclic) bond motifs is 2. The fourth-order valence-corrected chi connectivity index (χ4v) is 3.91. The number of hydrogen-bond acceptors (Lipinski definition) is 4. The van der Waals surface area contributed by atoms with Gasteiger partial charge in [0.05, 0.1) is 33.8 Å². The molecular formula is C28H18N4. The molecule has 6 rings (SSSR count). The van der Waals surface area contributed by atoms with E-state index in [0.717, 1.165) is 55.7 Å². The smallest absolute Gasteiger partial charge is 0.0893 e. The third kappa shape index (κ3) is 3.38. The van der Waals surface area contributed by atoms with Gasteiger partial charge >= 0.3 is 0 Å². The SMILES string of the molecule is c1ccc(-c2ccc3ccc(-c4ccc5ccc(-c6ccccn6)nc5c4)cc3n2)nc1. The minimum absolute atomic E-state index is 0.871. The zero-order valence-corrected chi connectivity index (χ0v) is 17.2. The van der Waals surface area contributed by atoms with E-state index in [9.17, 15) is 0 Å². The average molecular weight is 410 g/mol. The first-order valence-corrected chi connectivity index (χ1v) is 10.5. The number of rotatable bonds is 3. The second-order valence-electron chi connectivity index (χ2n) is 7.64. The molecule has 2 aromatic carbocycles. The standard InChI is InChI=1S/C28H18N4/c1-3-15-29-23(5-1)25-13-11-19-7-9-21(17-27(19)31-25)22-10-8-20-12-14-26(32-28(20)18-22)24-6-2-4-16-30-24/h1-18H. The Morgan fingerprint density at radius 3 is 1.31 bits per heavy atom. The molecule has 0 saturated carbocycles. The molecule has 150 valence electrons. The van der Waals surface area contributed by atoms with E-state index in [-0.39, 0.29) is 0 Å². The maximum atomic E-state index is 4.86. The van der Waals surface area contributed by atoms with Crippen molar-refractivity contribution < 1.29 is 0 Å². The van der Waals surface area contributed by atoms with Crippen LogP contribution in [0, 0.1) is 0 Å². The van der Waals surface area contributed by atoms with Crippen LogP contribution in [-0.4, -0.2) is 19.9 Å². The summed E-state index contributed by atoms with van der Waals surface area (Å²) >= 11 is 0. The predicted molar refractivity (Wildman–Crippen MR) is 129 cm³/mol. The molecule has 0 fully saturated rings. The maximum Gasteiger partial charge on any atom is 0.0893 e. The van der Waals surface area contributed by atoms with Crippen molar-refractivity contribution in [2.24, 2.45) is 0 Å². The third-order valence-corrected chi connectivity index (χ3v) is 5.57. The van der Waals surface area contributed by atoms with Crippen LogP contribution in [0.3, 0.4) is 0 Å². The molecule has 0 atom stereocenters. The van der Waals surface area contributed by atoms with Crippen molar-refractivity contribution in [2.75, 3.05) is 0 Å². The lowest BCUT2D eigenvalue weighted by molar-refractivity contribution is 1.27. The van der Waals surface area contributed by atoms with E-state index in [4.69, 9.17) is 9.97 Å². The minimum atomic E-state index is 0.871. The van der Waals surface area contributed by atoms with Gasteiger partial charge in [0.25, 0.3) is 0 Å². The van der Waals surface area contributed by atoms with Crippen molar-refractivity contribution in [3.63, 3.8) is 0 Å². The van der Waals surface area contributed by atoms with E-state index in [1.165, 1.54) is 0 Å². The molecule has 0 aliphatic heterocycles.